The Hall–Kier alpha value is -2.40. The van der Waals surface area contributed by atoms with E-state index in [1.165, 1.54) is 24.3 Å². The second-order valence-electron chi connectivity index (χ2n) is 5.51. The third kappa shape index (κ3) is 3.35. The van der Waals surface area contributed by atoms with Crippen molar-refractivity contribution < 1.29 is 14.0 Å². The minimum Gasteiger partial charge on any atom is -0.325 e. The first-order valence-corrected chi connectivity index (χ1v) is 7.51. The van der Waals surface area contributed by atoms with E-state index in [9.17, 15) is 14.0 Å². The van der Waals surface area contributed by atoms with Crippen molar-refractivity contribution in [2.24, 2.45) is 5.41 Å². The monoisotopic (exact) mass is 332 g/mol. The largest absolute Gasteiger partial charge is 0.325 e. The summed E-state index contributed by atoms with van der Waals surface area (Å²) in [4.78, 5) is 24.8. The molecule has 0 saturated heterocycles. The quantitative estimate of drug-likeness (QED) is 0.836. The average molecular weight is 333 g/mol. The van der Waals surface area contributed by atoms with Crippen LogP contribution in [0.4, 0.5) is 15.8 Å². The molecule has 1 fully saturated rings. The lowest BCUT2D eigenvalue weighted by molar-refractivity contribution is -0.131. The fourth-order valence-corrected chi connectivity index (χ4v) is 2.47. The summed E-state index contributed by atoms with van der Waals surface area (Å²) in [5.41, 5.74) is -0.0712. The van der Waals surface area contributed by atoms with E-state index in [2.05, 4.69) is 10.6 Å². The molecule has 6 heteroatoms. The SMILES string of the molecule is O=C(Nc1ccc(F)cc1)C1(C(=O)Nc2cccc(Cl)c2)CC1. The van der Waals surface area contributed by atoms with Crippen LogP contribution < -0.4 is 10.6 Å². The van der Waals surface area contributed by atoms with Gasteiger partial charge in [0.15, 0.2) is 0 Å². The molecule has 2 aromatic carbocycles. The number of benzene rings is 2. The molecule has 0 aliphatic heterocycles. The highest BCUT2D eigenvalue weighted by Crippen LogP contribution is 2.47. The van der Waals surface area contributed by atoms with Gasteiger partial charge in [0.2, 0.25) is 11.8 Å². The zero-order valence-electron chi connectivity index (χ0n) is 12.1. The number of amides is 2. The van der Waals surface area contributed by atoms with Crippen molar-refractivity contribution in [3.63, 3.8) is 0 Å². The van der Waals surface area contributed by atoms with Gasteiger partial charge in [-0.3, -0.25) is 9.59 Å². The van der Waals surface area contributed by atoms with Gasteiger partial charge in [0.25, 0.3) is 0 Å². The van der Waals surface area contributed by atoms with E-state index in [-0.39, 0.29) is 17.6 Å². The van der Waals surface area contributed by atoms with Crippen LogP contribution in [0.5, 0.6) is 0 Å². The molecule has 2 N–H and O–H groups in total. The van der Waals surface area contributed by atoms with Gasteiger partial charge in [0, 0.05) is 16.4 Å². The molecule has 2 aromatic rings. The van der Waals surface area contributed by atoms with Gasteiger partial charge in [-0.25, -0.2) is 4.39 Å². The summed E-state index contributed by atoms with van der Waals surface area (Å²) < 4.78 is 12.9. The van der Waals surface area contributed by atoms with Gasteiger partial charge in [0.05, 0.1) is 0 Å². The highest BCUT2D eigenvalue weighted by atomic mass is 35.5. The zero-order chi connectivity index (χ0) is 16.4. The maximum absolute atomic E-state index is 12.9. The van der Waals surface area contributed by atoms with Gasteiger partial charge in [-0.15, -0.1) is 0 Å². The molecule has 0 spiro atoms. The summed E-state index contributed by atoms with van der Waals surface area (Å²) in [6.07, 6.45) is 0.957. The molecule has 0 radical (unpaired) electrons. The maximum Gasteiger partial charge on any atom is 0.240 e. The van der Waals surface area contributed by atoms with Gasteiger partial charge in [0.1, 0.15) is 11.2 Å². The highest BCUT2D eigenvalue weighted by Gasteiger charge is 2.56. The Balaban J connectivity index is 1.69. The molecule has 1 aliphatic rings. The standard InChI is InChI=1S/C17H14ClFN2O2/c18-11-2-1-3-14(10-11)21-16(23)17(8-9-17)15(22)20-13-6-4-12(19)5-7-13/h1-7,10H,8-9H2,(H,20,22)(H,21,23). The molecule has 23 heavy (non-hydrogen) atoms. The summed E-state index contributed by atoms with van der Waals surface area (Å²) >= 11 is 5.88. The van der Waals surface area contributed by atoms with Gasteiger partial charge in [-0.1, -0.05) is 17.7 Å². The topological polar surface area (TPSA) is 58.2 Å². The van der Waals surface area contributed by atoms with E-state index in [4.69, 9.17) is 11.6 Å². The third-order valence-corrected chi connectivity index (χ3v) is 4.04. The van der Waals surface area contributed by atoms with E-state index < -0.39 is 5.41 Å². The van der Waals surface area contributed by atoms with Gasteiger partial charge >= 0.3 is 0 Å². The van der Waals surface area contributed by atoms with Crippen LogP contribution in [0.1, 0.15) is 12.8 Å². The van der Waals surface area contributed by atoms with Crippen LogP contribution in [0.25, 0.3) is 0 Å². The lowest BCUT2D eigenvalue weighted by Crippen LogP contribution is -2.35. The van der Waals surface area contributed by atoms with Crippen LogP contribution >= 0.6 is 11.6 Å². The summed E-state index contributed by atoms with van der Waals surface area (Å²) in [6, 6.07) is 12.2. The molecule has 3 rings (SSSR count). The zero-order valence-corrected chi connectivity index (χ0v) is 12.9. The Morgan fingerprint density at radius 3 is 2.13 bits per heavy atom. The number of carbonyl (C=O) groups excluding carboxylic acids is 2. The smallest absolute Gasteiger partial charge is 0.240 e. The Morgan fingerprint density at radius 1 is 0.957 bits per heavy atom. The molecule has 0 aromatic heterocycles. The van der Waals surface area contributed by atoms with Crippen molar-refractivity contribution in [2.75, 3.05) is 10.6 Å². The molecular weight excluding hydrogens is 319 g/mol. The van der Waals surface area contributed by atoms with E-state index in [0.717, 1.165) is 0 Å². The van der Waals surface area contributed by atoms with Crippen molar-refractivity contribution in [1.82, 2.24) is 0 Å². The van der Waals surface area contributed by atoms with Gasteiger partial charge in [-0.2, -0.15) is 0 Å². The summed E-state index contributed by atoms with van der Waals surface area (Å²) in [5, 5.41) is 5.88. The second kappa shape index (κ2) is 6.01. The lowest BCUT2D eigenvalue weighted by Gasteiger charge is -2.15. The molecule has 0 atom stereocenters. The maximum atomic E-state index is 12.9. The number of rotatable bonds is 4. The first-order chi connectivity index (χ1) is 11.0. The molecular formula is C17H14ClFN2O2. The second-order valence-corrected chi connectivity index (χ2v) is 5.94. The first kappa shape index (κ1) is 15.5. The molecule has 4 nitrogen and oxygen atoms in total. The van der Waals surface area contributed by atoms with E-state index in [0.29, 0.717) is 29.2 Å². The van der Waals surface area contributed by atoms with Gasteiger partial charge < -0.3 is 10.6 Å². The lowest BCUT2D eigenvalue weighted by atomic mass is 10.0. The van der Waals surface area contributed by atoms with E-state index in [1.54, 1.807) is 24.3 Å². The van der Waals surface area contributed by atoms with Crippen LogP contribution in [-0.4, -0.2) is 11.8 Å². The minimum absolute atomic E-state index is 0.362. The molecule has 0 bridgehead atoms. The van der Waals surface area contributed by atoms with Crippen molar-refractivity contribution in [1.29, 1.82) is 0 Å². The summed E-state index contributed by atoms with van der Waals surface area (Å²) in [5.74, 6) is -1.13. The van der Waals surface area contributed by atoms with E-state index in [1.807, 2.05) is 0 Å². The molecule has 118 valence electrons. The fraction of sp³-hybridized carbons (Fsp3) is 0.176. The normalized spacial score (nSPS) is 14.9. The highest BCUT2D eigenvalue weighted by molar-refractivity contribution is 6.31. The molecule has 0 heterocycles. The Bertz CT molecular complexity index is 757. The number of nitrogens with one attached hydrogen (secondary N) is 2. The van der Waals surface area contributed by atoms with Crippen LogP contribution in [0.3, 0.4) is 0 Å². The van der Waals surface area contributed by atoms with Crippen LogP contribution in [0.2, 0.25) is 5.02 Å². The number of halogens is 2. The Labute approximate surface area is 137 Å². The first-order valence-electron chi connectivity index (χ1n) is 7.14. The summed E-state index contributed by atoms with van der Waals surface area (Å²) in [7, 11) is 0. The minimum atomic E-state index is -1.07. The van der Waals surface area contributed by atoms with Crippen LogP contribution in [0.15, 0.2) is 48.5 Å². The van der Waals surface area contributed by atoms with Gasteiger partial charge in [-0.05, 0) is 55.3 Å². The molecule has 1 saturated carbocycles. The molecule has 2 amide bonds. The van der Waals surface area contributed by atoms with Crippen LogP contribution in [0, 0.1) is 11.2 Å². The van der Waals surface area contributed by atoms with Crippen LogP contribution in [-0.2, 0) is 9.59 Å². The third-order valence-electron chi connectivity index (χ3n) is 3.80. The molecule has 1 aliphatic carbocycles. The Kier molecular flexibility index (Phi) is 4.05. The Morgan fingerprint density at radius 2 is 1.57 bits per heavy atom. The number of hydrogen-bond acceptors (Lipinski definition) is 2. The van der Waals surface area contributed by atoms with Crippen molar-refractivity contribution in [2.45, 2.75) is 12.8 Å². The predicted molar refractivity (Wildman–Crippen MR) is 86.8 cm³/mol. The average Bonchev–Trinajstić information content (AvgIpc) is 3.31. The van der Waals surface area contributed by atoms with Crippen molar-refractivity contribution >= 4 is 34.8 Å². The van der Waals surface area contributed by atoms with Crippen molar-refractivity contribution in [3.05, 3.63) is 59.4 Å². The van der Waals surface area contributed by atoms with E-state index >= 15 is 0 Å². The number of anilines is 2. The summed E-state index contributed by atoms with van der Waals surface area (Å²) in [6.45, 7) is 0. The number of hydrogen-bond donors (Lipinski definition) is 2. The molecule has 0 unspecified atom stereocenters. The predicted octanol–water partition coefficient (Wildman–Crippen LogP) is 3.84. The van der Waals surface area contributed by atoms with Crippen molar-refractivity contribution in [3.8, 4) is 0 Å². The number of carbonyl (C=O) groups is 2. The fourth-order valence-electron chi connectivity index (χ4n) is 2.28.